The van der Waals surface area contributed by atoms with Gasteiger partial charge in [-0.05, 0) is 63.6 Å². The quantitative estimate of drug-likeness (QED) is 0.617. The zero-order chi connectivity index (χ0) is 18.2. The van der Waals surface area contributed by atoms with Crippen molar-refractivity contribution in [1.82, 2.24) is 10.2 Å². The lowest BCUT2D eigenvalue weighted by atomic mass is 9.69. The van der Waals surface area contributed by atoms with E-state index in [1.807, 2.05) is 0 Å². The van der Waals surface area contributed by atoms with Crippen molar-refractivity contribution < 1.29 is 9.53 Å². The summed E-state index contributed by atoms with van der Waals surface area (Å²) >= 11 is 0. The van der Waals surface area contributed by atoms with Gasteiger partial charge in [0.1, 0.15) is 0 Å². The van der Waals surface area contributed by atoms with E-state index < -0.39 is 0 Å². The number of carbonyl (C=O) groups is 1. The van der Waals surface area contributed by atoms with E-state index in [1.165, 1.54) is 6.42 Å². The Labute approximate surface area is 149 Å². The molecule has 0 aromatic heterocycles. The maximum absolute atomic E-state index is 12.5. The first-order valence-electron chi connectivity index (χ1n) is 9.77. The molecule has 1 amide bonds. The van der Waals surface area contributed by atoms with Gasteiger partial charge in [-0.15, -0.1) is 0 Å². The number of ether oxygens (including phenoxy) is 1. The molecule has 1 fully saturated rings. The molecule has 24 heavy (non-hydrogen) atoms. The van der Waals surface area contributed by atoms with E-state index in [2.05, 4.69) is 52.0 Å². The Morgan fingerprint density at radius 1 is 1.29 bits per heavy atom. The van der Waals surface area contributed by atoms with Crippen molar-refractivity contribution in [3.63, 3.8) is 0 Å². The summed E-state index contributed by atoms with van der Waals surface area (Å²) in [5.74, 6) is 1.43. The molecule has 4 heteroatoms. The molecule has 0 bridgehead atoms. The second kappa shape index (κ2) is 10.4. The third kappa shape index (κ3) is 7.98. The molecule has 0 aromatic carbocycles. The minimum Gasteiger partial charge on any atom is -0.378 e. The highest BCUT2D eigenvalue weighted by molar-refractivity contribution is 5.76. The SMILES string of the molecule is CC(C)CCC1(CC(=O)NCCCN(C)C)CCOC(C(C)C)C1. The summed E-state index contributed by atoms with van der Waals surface area (Å²) in [7, 11) is 4.13. The van der Waals surface area contributed by atoms with Crippen LogP contribution < -0.4 is 5.32 Å². The van der Waals surface area contributed by atoms with E-state index in [1.54, 1.807) is 0 Å². The first-order valence-corrected chi connectivity index (χ1v) is 9.77. The molecule has 0 radical (unpaired) electrons. The van der Waals surface area contributed by atoms with Gasteiger partial charge in [-0.2, -0.15) is 0 Å². The number of nitrogens with zero attached hydrogens (tertiary/aromatic N) is 1. The Kier molecular flexibility index (Phi) is 9.28. The van der Waals surface area contributed by atoms with Crippen LogP contribution in [0.25, 0.3) is 0 Å². The highest BCUT2D eigenvalue weighted by atomic mass is 16.5. The van der Waals surface area contributed by atoms with E-state index >= 15 is 0 Å². The molecule has 1 aliphatic heterocycles. The van der Waals surface area contributed by atoms with Crippen molar-refractivity contribution in [1.29, 1.82) is 0 Å². The Balaban J connectivity index is 2.59. The zero-order valence-corrected chi connectivity index (χ0v) is 16.9. The largest absolute Gasteiger partial charge is 0.378 e. The molecule has 0 spiro atoms. The summed E-state index contributed by atoms with van der Waals surface area (Å²) in [5.41, 5.74) is 0.128. The fourth-order valence-electron chi connectivity index (χ4n) is 3.54. The average molecular weight is 341 g/mol. The van der Waals surface area contributed by atoms with E-state index in [0.29, 0.717) is 24.4 Å². The molecule has 1 N–H and O–H groups in total. The third-order valence-corrected chi connectivity index (χ3v) is 5.23. The van der Waals surface area contributed by atoms with Gasteiger partial charge in [0.15, 0.2) is 0 Å². The van der Waals surface area contributed by atoms with Crippen molar-refractivity contribution in [2.45, 2.75) is 72.3 Å². The number of hydrogen-bond acceptors (Lipinski definition) is 3. The topological polar surface area (TPSA) is 41.6 Å². The lowest BCUT2D eigenvalue weighted by Crippen LogP contribution is -2.41. The maximum atomic E-state index is 12.5. The van der Waals surface area contributed by atoms with Crippen LogP contribution in [0.15, 0.2) is 0 Å². The van der Waals surface area contributed by atoms with Gasteiger partial charge in [0.25, 0.3) is 0 Å². The van der Waals surface area contributed by atoms with Crippen molar-refractivity contribution >= 4 is 5.91 Å². The van der Waals surface area contributed by atoms with Gasteiger partial charge in [-0.25, -0.2) is 0 Å². The highest BCUT2D eigenvalue weighted by Gasteiger charge is 2.39. The monoisotopic (exact) mass is 340 g/mol. The predicted molar refractivity (Wildman–Crippen MR) is 101 cm³/mol. The molecule has 0 aromatic rings. The van der Waals surface area contributed by atoms with Crippen molar-refractivity contribution in [2.24, 2.45) is 17.3 Å². The first kappa shape index (κ1) is 21.4. The van der Waals surface area contributed by atoms with E-state index in [-0.39, 0.29) is 11.3 Å². The number of hydrogen-bond donors (Lipinski definition) is 1. The first-order chi connectivity index (χ1) is 11.2. The van der Waals surface area contributed by atoms with Crippen LogP contribution in [-0.4, -0.2) is 50.7 Å². The molecule has 0 saturated carbocycles. The minimum absolute atomic E-state index is 0.128. The van der Waals surface area contributed by atoms with Gasteiger partial charge in [-0.3, -0.25) is 4.79 Å². The van der Waals surface area contributed by atoms with Gasteiger partial charge < -0.3 is 15.0 Å². The smallest absolute Gasteiger partial charge is 0.220 e. The summed E-state index contributed by atoms with van der Waals surface area (Å²) in [6.07, 6.45) is 6.36. The summed E-state index contributed by atoms with van der Waals surface area (Å²) < 4.78 is 5.97. The Morgan fingerprint density at radius 3 is 2.58 bits per heavy atom. The van der Waals surface area contributed by atoms with Crippen LogP contribution in [0, 0.1) is 17.3 Å². The van der Waals surface area contributed by atoms with Crippen LogP contribution in [0.2, 0.25) is 0 Å². The van der Waals surface area contributed by atoms with Gasteiger partial charge in [-0.1, -0.05) is 34.1 Å². The average Bonchev–Trinajstić information content (AvgIpc) is 2.50. The lowest BCUT2D eigenvalue weighted by Gasteiger charge is -2.42. The van der Waals surface area contributed by atoms with E-state index in [0.717, 1.165) is 45.4 Å². The summed E-state index contributed by atoms with van der Waals surface area (Å²) in [6.45, 7) is 11.6. The standard InChI is InChI=1S/C20H40N2O2/c1-16(2)8-9-20(10-13-24-18(14-20)17(3)4)15-19(23)21-11-7-12-22(5)6/h16-18H,7-15H2,1-6H3,(H,21,23). The molecular weight excluding hydrogens is 300 g/mol. The summed E-state index contributed by atoms with van der Waals surface area (Å²) in [6, 6.07) is 0. The Morgan fingerprint density at radius 2 is 2.00 bits per heavy atom. The molecular formula is C20H40N2O2. The van der Waals surface area contributed by atoms with Crippen LogP contribution in [0.5, 0.6) is 0 Å². The second-order valence-electron chi connectivity index (χ2n) is 8.72. The maximum Gasteiger partial charge on any atom is 0.220 e. The van der Waals surface area contributed by atoms with E-state index in [4.69, 9.17) is 4.74 Å². The number of rotatable bonds is 10. The molecule has 1 saturated heterocycles. The fraction of sp³-hybridized carbons (Fsp3) is 0.950. The Hall–Kier alpha value is -0.610. The van der Waals surface area contributed by atoms with Crippen LogP contribution in [0.3, 0.4) is 0 Å². The summed E-state index contributed by atoms with van der Waals surface area (Å²) in [5, 5.41) is 3.14. The van der Waals surface area contributed by atoms with Gasteiger partial charge in [0, 0.05) is 19.6 Å². The molecule has 1 rings (SSSR count). The zero-order valence-electron chi connectivity index (χ0n) is 16.9. The predicted octanol–water partition coefficient (Wildman–Crippen LogP) is 3.70. The molecule has 1 heterocycles. The molecule has 1 aliphatic rings. The molecule has 2 unspecified atom stereocenters. The van der Waals surface area contributed by atoms with Crippen molar-refractivity contribution in [3.8, 4) is 0 Å². The van der Waals surface area contributed by atoms with Gasteiger partial charge in [0.2, 0.25) is 5.91 Å². The number of nitrogens with one attached hydrogen (secondary N) is 1. The second-order valence-corrected chi connectivity index (χ2v) is 8.72. The van der Waals surface area contributed by atoms with Crippen molar-refractivity contribution in [2.75, 3.05) is 33.8 Å². The summed E-state index contributed by atoms with van der Waals surface area (Å²) in [4.78, 5) is 14.7. The molecule has 4 nitrogen and oxygen atoms in total. The number of carbonyl (C=O) groups excluding carboxylic acids is 1. The highest BCUT2D eigenvalue weighted by Crippen LogP contribution is 2.43. The normalized spacial score (nSPS) is 24.8. The molecule has 142 valence electrons. The molecule has 0 aliphatic carbocycles. The Bertz CT molecular complexity index is 369. The van der Waals surface area contributed by atoms with Crippen molar-refractivity contribution in [3.05, 3.63) is 0 Å². The van der Waals surface area contributed by atoms with Crippen LogP contribution >= 0.6 is 0 Å². The third-order valence-electron chi connectivity index (χ3n) is 5.23. The minimum atomic E-state index is 0.128. The van der Waals surface area contributed by atoms with Crippen LogP contribution in [0.4, 0.5) is 0 Å². The van der Waals surface area contributed by atoms with Gasteiger partial charge >= 0.3 is 0 Å². The number of amides is 1. The van der Waals surface area contributed by atoms with Crippen LogP contribution in [-0.2, 0) is 9.53 Å². The molecule has 2 atom stereocenters. The lowest BCUT2D eigenvalue weighted by molar-refractivity contribution is -0.128. The van der Waals surface area contributed by atoms with E-state index in [9.17, 15) is 4.79 Å². The van der Waals surface area contributed by atoms with Crippen LogP contribution in [0.1, 0.15) is 66.2 Å². The van der Waals surface area contributed by atoms with Gasteiger partial charge in [0.05, 0.1) is 6.10 Å². The fourth-order valence-corrected chi connectivity index (χ4v) is 3.54.